The van der Waals surface area contributed by atoms with E-state index in [9.17, 15) is 0 Å². The molecule has 0 aliphatic rings. The number of hydrogen-bond donors (Lipinski definition) is 2. The van der Waals surface area contributed by atoms with Crippen molar-refractivity contribution >= 4 is 17.6 Å². The third kappa shape index (κ3) is 3.70. The number of halogens is 1. The highest BCUT2D eigenvalue weighted by molar-refractivity contribution is 6.32. The second-order valence-electron chi connectivity index (χ2n) is 3.50. The summed E-state index contributed by atoms with van der Waals surface area (Å²) in [6.45, 7) is 2.94. The molecule has 0 bridgehead atoms. The predicted octanol–water partition coefficient (Wildman–Crippen LogP) is 1.78. The topological polar surface area (TPSA) is 68.9 Å². The van der Waals surface area contributed by atoms with Gasteiger partial charge in [-0.3, -0.25) is 4.99 Å². The van der Waals surface area contributed by atoms with Crippen molar-refractivity contribution in [1.82, 2.24) is 5.32 Å². The van der Waals surface area contributed by atoms with Gasteiger partial charge in [0.1, 0.15) is 0 Å². The van der Waals surface area contributed by atoms with E-state index < -0.39 is 0 Å². The van der Waals surface area contributed by atoms with E-state index in [-0.39, 0.29) is 0 Å². The van der Waals surface area contributed by atoms with Crippen molar-refractivity contribution in [2.75, 3.05) is 20.8 Å². The van der Waals surface area contributed by atoms with Crippen LogP contribution in [0.15, 0.2) is 17.1 Å². The number of benzene rings is 1. The highest BCUT2D eigenvalue weighted by Crippen LogP contribution is 2.36. The Morgan fingerprint density at radius 1 is 1.50 bits per heavy atom. The second kappa shape index (κ2) is 6.96. The van der Waals surface area contributed by atoms with Crippen LogP contribution in [-0.2, 0) is 6.54 Å². The first-order valence-electron chi connectivity index (χ1n) is 5.57. The van der Waals surface area contributed by atoms with Crippen molar-refractivity contribution in [3.05, 3.63) is 22.7 Å². The SMILES string of the molecule is CCOc1c(Cl)cc(CNC(N)=NC)cc1OC. The molecule has 3 N–H and O–H groups in total. The first-order valence-corrected chi connectivity index (χ1v) is 5.95. The zero-order chi connectivity index (χ0) is 13.5. The van der Waals surface area contributed by atoms with Crippen molar-refractivity contribution in [1.29, 1.82) is 0 Å². The summed E-state index contributed by atoms with van der Waals surface area (Å²) in [6.07, 6.45) is 0. The Hall–Kier alpha value is -1.62. The number of hydrogen-bond acceptors (Lipinski definition) is 3. The number of nitrogens with one attached hydrogen (secondary N) is 1. The van der Waals surface area contributed by atoms with Crippen LogP contribution in [0.1, 0.15) is 12.5 Å². The molecule has 0 amide bonds. The monoisotopic (exact) mass is 271 g/mol. The van der Waals surface area contributed by atoms with E-state index in [1.54, 1.807) is 14.2 Å². The lowest BCUT2D eigenvalue weighted by Crippen LogP contribution is -2.30. The molecule has 0 saturated heterocycles. The van der Waals surface area contributed by atoms with E-state index >= 15 is 0 Å². The van der Waals surface area contributed by atoms with Crippen molar-refractivity contribution in [2.45, 2.75) is 13.5 Å². The average Bonchev–Trinajstić information content (AvgIpc) is 2.38. The molecule has 0 unspecified atom stereocenters. The van der Waals surface area contributed by atoms with Crippen LogP contribution in [-0.4, -0.2) is 26.7 Å². The lowest BCUT2D eigenvalue weighted by atomic mass is 10.2. The van der Waals surface area contributed by atoms with Crippen LogP contribution in [0, 0.1) is 0 Å². The molecule has 0 radical (unpaired) electrons. The molecule has 0 atom stereocenters. The first kappa shape index (κ1) is 14.4. The minimum atomic E-state index is 0.374. The number of guanidine groups is 1. The van der Waals surface area contributed by atoms with E-state index in [0.29, 0.717) is 35.6 Å². The van der Waals surface area contributed by atoms with Gasteiger partial charge >= 0.3 is 0 Å². The quantitative estimate of drug-likeness (QED) is 0.633. The number of rotatable bonds is 5. The van der Waals surface area contributed by atoms with Crippen LogP contribution >= 0.6 is 11.6 Å². The zero-order valence-electron chi connectivity index (χ0n) is 10.8. The molecule has 1 aromatic carbocycles. The van der Waals surface area contributed by atoms with Gasteiger partial charge in [-0.15, -0.1) is 0 Å². The van der Waals surface area contributed by atoms with Gasteiger partial charge < -0.3 is 20.5 Å². The van der Waals surface area contributed by atoms with Gasteiger partial charge in [-0.1, -0.05) is 11.6 Å². The molecule has 0 fully saturated rings. The summed E-state index contributed by atoms with van der Waals surface area (Å²) in [4.78, 5) is 3.81. The molecular weight excluding hydrogens is 254 g/mol. The van der Waals surface area contributed by atoms with Gasteiger partial charge in [0.15, 0.2) is 17.5 Å². The molecule has 0 aliphatic heterocycles. The van der Waals surface area contributed by atoms with E-state index in [2.05, 4.69) is 10.3 Å². The van der Waals surface area contributed by atoms with E-state index in [0.717, 1.165) is 5.56 Å². The summed E-state index contributed by atoms with van der Waals surface area (Å²) < 4.78 is 10.7. The van der Waals surface area contributed by atoms with E-state index in [1.165, 1.54) is 0 Å². The Balaban J connectivity index is 2.92. The molecule has 18 heavy (non-hydrogen) atoms. The summed E-state index contributed by atoms with van der Waals surface area (Å²) >= 11 is 6.15. The standard InChI is InChI=1S/C12H18ClN3O2/c1-4-18-11-9(13)5-8(6-10(11)17-3)7-16-12(14)15-2/h5-6H,4,7H2,1-3H3,(H3,14,15,16). The summed E-state index contributed by atoms with van der Waals surface area (Å²) in [5.41, 5.74) is 6.49. The molecule has 1 rings (SSSR count). The second-order valence-corrected chi connectivity index (χ2v) is 3.91. The molecule has 100 valence electrons. The number of nitrogens with zero attached hydrogens (tertiary/aromatic N) is 1. The Bertz CT molecular complexity index is 436. The minimum Gasteiger partial charge on any atom is -0.493 e. The Labute approximate surface area is 112 Å². The third-order valence-electron chi connectivity index (χ3n) is 2.29. The van der Waals surface area contributed by atoms with Crippen LogP contribution in [0.2, 0.25) is 5.02 Å². The van der Waals surface area contributed by atoms with Crippen LogP contribution in [0.5, 0.6) is 11.5 Å². The molecule has 0 aliphatic carbocycles. The van der Waals surface area contributed by atoms with Crippen LogP contribution in [0.4, 0.5) is 0 Å². The normalized spacial score (nSPS) is 11.2. The summed E-state index contributed by atoms with van der Waals surface area (Å²) in [7, 11) is 3.20. The van der Waals surface area contributed by atoms with Gasteiger partial charge in [0, 0.05) is 13.6 Å². The van der Waals surface area contributed by atoms with Crippen LogP contribution < -0.4 is 20.5 Å². The summed E-state index contributed by atoms with van der Waals surface area (Å²) in [5.74, 6) is 1.54. The van der Waals surface area contributed by atoms with Gasteiger partial charge in [-0.25, -0.2) is 0 Å². The molecular formula is C12H18ClN3O2. The average molecular weight is 272 g/mol. The summed E-state index contributed by atoms with van der Waals surface area (Å²) in [5, 5.41) is 3.47. The smallest absolute Gasteiger partial charge is 0.188 e. The molecule has 0 aromatic heterocycles. The van der Waals surface area contributed by atoms with Crippen molar-refractivity contribution in [2.24, 2.45) is 10.7 Å². The van der Waals surface area contributed by atoms with Crippen molar-refractivity contribution in [3.63, 3.8) is 0 Å². The number of nitrogens with two attached hydrogens (primary N) is 1. The third-order valence-corrected chi connectivity index (χ3v) is 2.57. The summed E-state index contributed by atoms with van der Waals surface area (Å²) in [6, 6.07) is 3.66. The van der Waals surface area contributed by atoms with Crippen molar-refractivity contribution < 1.29 is 9.47 Å². The Morgan fingerprint density at radius 2 is 2.22 bits per heavy atom. The van der Waals surface area contributed by atoms with Crippen LogP contribution in [0.25, 0.3) is 0 Å². The van der Waals surface area contributed by atoms with Crippen LogP contribution in [0.3, 0.4) is 0 Å². The lowest BCUT2D eigenvalue weighted by Gasteiger charge is -2.13. The number of aliphatic imine (C=N–C) groups is 1. The maximum atomic E-state index is 6.15. The fraction of sp³-hybridized carbons (Fsp3) is 0.417. The molecule has 0 saturated carbocycles. The highest BCUT2D eigenvalue weighted by Gasteiger charge is 2.11. The molecule has 5 nitrogen and oxygen atoms in total. The van der Waals surface area contributed by atoms with Gasteiger partial charge in [-0.2, -0.15) is 0 Å². The fourth-order valence-corrected chi connectivity index (χ4v) is 1.72. The van der Waals surface area contributed by atoms with Gasteiger partial charge in [-0.05, 0) is 24.6 Å². The van der Waals surface area contributed by atoms with Gasteiger partial charge in [0.05, 0.1) is 18.7 Å². The fourth-order valence-electron chi connectivity index (χ4n) is 1.43. The minimum absolute atomic E-state index is 0.374. The lowest BCUT2D eigenvalue weighted by molar-refractivity contribution is 0.311. The van der Waals surface area contributed by atoms with E-state index in [1.807, 2.05) is 19.1 Å². The number of methoxy groups -OCH3 is 1. The largest absolute Gasteiger partial charge is 0.493 e. The Morgan fingerprint density at radius 3 is 2.78 bits per heavy atom. The maximum Gasteiger partial charge on any atom is 0.188 e. The van der Waals surface area contributed by atoms with Gasteiger partial charge in [0.25, 0.3) is 0 Å². The predicted molar refractivity (Wildman–Crippen MR) is 73.6 cm³/mol. The van der Waals surface area contributed by atoms with Gasteiger partial charge in [0.2, 0.25) is 0 Å². The highest BCUT2D eigenvalue weighted by atomic mass is 35.5. The zero-order valence-corrected chi connectivity index (χ0v) is 11.5. The first-order chi connectivity index (χ1) is 8.62. The van der Waals surface area contributed by atoms with Crippen molar-refractivity contribution in [3.8, 4) is 11.5 Å². The molecule has 0 heterocycles. The molecule has 6 heteroatoms. The van der Waals surface area contributed by atoms with E-state index in [4.69, 9.17) is 26.8 Å². The molecule has 1 aromatic rings. The number of ether oxygens (including phenoxy) is 2. The maximum absolute atomic E-state index is 6.15. The Kier molecular flexibility index (Phi) is 5.58. The molecule has 0 spiro atoms.